The zero-order valence-electron chi connectivity index (χ0n) is 21.5. The van der Waals surface area contributed by atoms with Crippen LogP contribution in [-0.4, -0.2) is 41.4 Å². The minimum atomic E-state index is -1.30. The molecule has 0 bridgehead atoms. The van der Waals surface area contributed by atoms with Gasteiger partial charge < -0.3 is 21.5 Å². The lowest BCUT2D eigenvalue weighted by Crippen LogP contribution is -2.47. The van der Waals surface area contributed by atoms with Crippen LogP contribution >= 0.6 is 27.5 Å². The SMILES string of the molecule is CC(C)(C)C[C@]1(c2ccc(Br)cc2)N=C(N)N([C@H](COC(=O)NC2CC2)c2ccc(Cl)c(C(N)=O)c2)C1=O. The normalized spacial score (nSPS) is 20.2. The third-order valence-electron chi connectivity index (χ3n) is 6.46. The summed E-state index contributed by atoms with van der Waals surface area (Å²) in [6, 6.07) is 11.2. The Hall–Kier alpha value is -3.11. The van der Waals surface area contributed by atoms with Crippen LogP contribution < -0.4 is 16.8 Å². The van der Waals surface area contributed by atoms with Crippen LogP contribution in [0.5, 0.6) is 0 Å². The van der Waals surface area contributed by atoms with Gasteiger partial charge in [0, 0.05) is 10.5 Å². The van der Waals surface area contributed by atoms with E-state index >= 15 is 0 Å². The van der Waals surface area contributed by atoms with Crippen molar-refractivity contribution in [3.05, 3.63) is 68.7 Å². The first kappa shape index (κ1) is 27.9. The van der Waals surface area contributed by atoms with E-state index in [1.807, 2.05) is 45.0 Å². The molecule has 1 aliphatic carbocycles. The molecule has 1 aliphatic heterocycles. The topological polar surface area (TPSA) is 140 Å². The molecule has 1 heterocycles. The van der Waals surface area contributed by atoms with Crippen molar-refractivity contribution in [2.45, 2.75) is 57.7 Å². The fraction of sp³-hybridized carbons (Fsp3) is 0.407. The Balaban J connectivity index is 1.77. The van der Waals surface area contributed by atoms with Crippen molar-refractivity contribution in [3.8, 4) is 0 Å². The summed E-state index contributed by atoms with van der Waals surface area (Å²) in [7, 11) is 0. The van der Waals surface area contributed by atoms with Crippen LogP contribution in [0.3, 0.4) is 0 Å². The number of hydrogen-bond donors (Lipinski definition) is 3. The highest BCUT2D eigenvalue weighted by atomic mass is 79.9. The highest BCUT2D eigenvalue weighted by Gasteiger charge is 2.53. The maximum absolute atomic E-state index is 14.4. The van der Waals surface area contributed by atoms with Crippen LogP contribution in [0, 0.1) is 5.41 Å². The highest BCUT2D eigenvalue weighted by Crippen LogP contribution is 2.45. The van der Waals surface area contributed by atoms with Gasteiger partial charge in [-0.3, -0.25) is 14.5 Å². The predicted molar refractivity (Wildman–Crippen MR) is 149 cm³/mol. The van der Waals surface area contributed by atoms with E-state index in [0.29, 0.717) is 17.5 Å². The number of aliphatic imine (C=N–C) groups is 1. The molecule has 2 atom stereocenters. The Morgan fingerprint density at radius 2 is 1.89 bits per heavy atom. The predicted octanol–water partition coefficient (Wildman–Crippen LogP) is 4.62. The fourth-order valence-electron chi connectivity index (χ4n) is 4.65. The first-order valence-corrected chi connectivity index (χ1v) is 13.5. The number of alkyl carbamates (subject to hydrolysis) is 1. The Morgan fingerprint density at radius 1 is 1.24 bits per heavy atom. The molecule has 1 saturated carbocycles. The van der Waals surface area contributed by atoms with E-state index in [4.69, 9.17) is 32.8 Å². The number of nitrogens with one attached hydrogen (secondary N) is 1. The molecule has 0 spiro atoms. The van der Waals surface area contributed by atoms with Gasteiger partial charge in [0.2, 0.25) is 5.91 Å². The van der Waals surface area contributed by atoms with Gasteiger partial charge in [0.1, 0.15) is 6.61 Å². The lowest BCUT2D eigenvalue weighted by atomic mass is 9.75. The number of primary amides is 1. The maximum atomic E-state index is 14.4. The maximum Gasteiger partial charge on any atom is 0.407 e. The monoisotopic (exact) mass is 603 g/mol. The van der Waals surface area contributed by atoms with E-state index < -0.39 is 23.6 Å². The molecule has 0 aromatic heterocycles. The smallest absolute Gasteiger partial charge is 0.407 e. The number of nitrogens with zero attached hydrogens (tertiary/aromatic N) is 2. The van der Waals surface area contributed by atoms with Crippen molar-refractivity contribution in [2.75, 3.05) is 6.61 Å². The van der Waals surface area contributed by atoms with Crippen LogP contribution in [-0.2, 0) is 15.1 Å². The number of hydrogen-bond acceptors (Lipinski definition) is 6. The van der Waals surface area contributed by atoms with Crippen LogP contribution in [0.4, 0.5) is 4.79 Å². The van der Waals surface area contributed by atoms with Gasteiger partial charge in [-0.1, -0.05) is 66.5 Å². The fourth-order valence-corrected chi connectivity index (χ4v) is 5.12. The quantitative estimate of drug-likeness (QED) is 0.403. The second-order valence-corrected chi connectivity index (χ2v) is 12.2. The van der Waals surface area contributed by atoms with Gasteiger partial charge in [0.25, 0.3) is 5.91 Å². The number of carbonyl (C=O) groups is 3. The third-order valence-corrected chi connectivity index (χ3v) is 7.31. The standard InChI is InChI=1S/C27H31BrClN5O4/c1-26(2,3)14-27(16-5-7-17(28)8-6-16)23(36)34(24(31)33-27)21(13-38-25(37)32-18-9-10-18)15-4-11-20(29)19(12-15)22(30)35/h4-8,11-12,18,21H,9-10,13-14H2,1-3H3,(H2,30,35)(H2,31,33)(H,32,37)/t21-,27-/m1/s1. The number of ether oxygens (including phenoxy) is 1. The molecule has 2 aliphatic rings. The van der Waals surface area contributed by atoms with Gasteiger partial charge in [-0.25, -0.2) is 9.79 Å². The molecule has 4 rings (SSSR count). The molecule has 0 unspecified atom stereocenters. The lowest BCUT2D eigenvalue weighted by molar-refractivity contribution is -0.135. The molecule has 202 valence electrons. The van der Waals surface area contributed by atoms with Crippen LogP contribution in [0.15, 0.2) is 51.9 Å². The van der Waals surface area contributed by atoms with Crippen LogP contribution in [0.2, 0.25) is 5.02 Å². The number of rotatable bonds is 8. The van der Waals surface area contributed by atoms with E-state index in [-0.39, 0.29) is 40.5 Å². The molecular weight excluding hydrogens is 574 g/mol. The summed E-state index contributed by atoms with van der Waals surface area (Å²) in [5, 5.41) is 2.93. The molecule has 9 nitrogen and oxygen atoms in total. The van der Waals surface area contributed by atoms with E-state index in [2.05, 4.69) is 21.2 Å². The second kappa shape index (κ2) is 10.6. The Kier molecular flexibility index (Phi) is 7.76. The number of carbonyl (C=O) groups excluding carboxylic acids is 3. The number of halogens is 2. The number of benzene rings is 2. The average Bonchev–Trinajstić information content (AvgIpc) is 3.60. The van der Waals surface area contributed by atoms with Crippen molar-refractivity contribution in [2.24, 2.45) is 21.9 Å². The Bertz CT molecular complexity index is 1290. The summed E-state index contributed by atoms with van der Waals surface area (Å²) in [5.74, 6) is -1.11. The number of nitrogens with two attached hydrogens (primary N) is 2. The zero-order chi connectivity index (χ0) is 27.8. The molecule has 11 heteroatoms. The largest absolute Gasteiger partial charge is 0.447 e. The molecule has 0 radical (unpaired) electrons. The molecule has 2 aromatic carbocycles. The summed E-state index contributed by atoms with van der Waals surface area (Å²) in [4.78, 5) is 44.9. The first-order valence-electron chi connectivity index (χ1n) is 12.3. The summed E-state index contributed by atoms with van der Waals surface area (Å²) >= 11 is 9.63. The zero-order valence-corrected chi connectivity index (χ0v) is 23.8. The molecular formula is C27H31BrClN5O4. The van der Waals surface area contributed by atoms with Crippen molar-refractivity contribution in [3.63, 3.8) is 0 Å². The van der Waals surface area contributed by atoms with Crippen molar-refractivity contribution >= 4 is 51.4 Å². The van der Waals surface area contributed by atoms with Crippen LogP contribution in [0.25, 0.3) is 0 Å². The van der Waals surface area contributed by atoms with E-state index in [0.717, 1.165) is 17.3 Å². The molecule has 38 heavy (non-hydrogen) atoms. The van der Waals surface area contributed by atoms with Gasteiger partial charge >= 0.3 is 6.09 Å². The molecule has 1 fully saturated rings. The lowest BCUT2D eigenvalue weighted by Gasteiger charge is -2.34. The Morgan fingerprint density at radius 3 is 2.47 bits per heavy atom. The van der Waals surface area contributed by atoms with Crippen LogP contribution in [0.1, 0.15) is 67.6 Å². The highest BCUT2D eigenvalue weighted by molar-refractivity contribution is 9.10. The minimum Gasteiger partial charge on any atom is -0.447 e. The molecule has 0 saturated heterocycles. The van der Waals surface area contributed by atoms with Gasteiger partial charge in [0.05, 0.1) is 16.6 Å². The van der Waals surface area contributed by atoms with Crippen molar-refractivity contribution in [1.82, 2.24) is 10.2 Å². The van der Waals surface area contributed by atoms with E-state index in [1.165, 1.54) is 17.0 Å². The van der Waals surface area contributed by atoms with Gasteiger partial charge in [-0.05, 0) is 60.1 Å². The summed E-state index contributed by atoms with van der Waals surface area (Å²) in [5.41, 5.74) is 11.6. The second-order valence-electron chi connectivity index (χ2n) is 10.9. The Labute approximate surface area is 235 Å². The summed E-state index contributed by atoms with van der Waals surface area (Å²) in [6.45, 7) is 5.84. The van der Waals surface area contributed by atoms with E-state index in [9.17, 15) is 14.4 Å². The minimum absolute atomic E-state index is 0.0195. The van der Waals surface area contributed by atoms with Crippen molar-refractivity contribution < 1.29 is 19.1 Å². The van der Waals surface area contributed by atoms with E-state index in [1.54, 1.807) is 6.07 Å². The number of amides is 3. The molecule has 2 aromatic rings. The first-order chi connectivity index (χ1) is 17.8. The summed E-state index contributed by atoms with van der Waals surface area (Å²) in [6.07, 6.45) is 1.56. The van der Waals surface area contributed by atoms with Gasteiger partial charge in [-0.15, -0.1) is 0 Å². The third kappa shape index (κ3) is 5.96. The molecule has 5 N–H and O–H groups in total. The van der Waals surface area contributed by atoms with Gasteiger partial charge in [0.15, 0.2) is 11.5 Å². The van der Waals surface area contributed by atoms with Gasteiger partial charge in [-0.2, -0.15) is 0 Å². The number of guanidine groups is 1. The molecule has 3 amide bonds. The summed E-state index contributed by atoms with van der Waals surface area (Å²) < 4.78 is 6.39. The van der Waals surface area contributed by atoms with Crippen molar-refractivity contribution in [1.29, 1.82) is 0 Å². The average molecular weight is 605 g/mol.